The predicted molar refractivity (Wildman–Crippen MR) is 77.6 cm³/mol. The van der Waals surface area contributed by atoms with E-state index in [0.29, 0.717) is 12.6 Å². The molecule has 0 saturated heterocycles. The van der Waals surface area contributed by atoms with E-state index in [4.69, 9.17) is 0 Å². The molecule has 0 spiro atoms. The van der Waals surface area contributed by atoms with E-state index in [1.807, 2.05) is 18.5 Å². The van der Waals surface area contributed by atoms with E-state index in [2.05, 4.69) is 35.6 Å². The molecule has 2 heterocycles. The van der Waals surface area contributed by atoms with Crippen molar-refractivity contribution in [1.82, 2.24) is 19.6 Å². The van der Waals surface area contributed by atoms with Crippen molar-refractivity contribution in [1.29, 1.82) is 0 Å². The van der Waals surface area contributed by atoms with Gasteiger partial charge in [-0.3, -0.25) is 4.68 Å². The second-order valence-corrected chi connectivity index (χ2v) is 5.26. The highest BCUT2D eigenvalue weighted by Gasteiger charge is 2.10. The lowest BCUT2D eigenvalue weighted by Crippen LogP contribution is -2.10. The van der Waals surface area contributed by atoms with Gasteiger partial charge in [0.25, 0.3) is 0 Å². The average Bonchev–Trinajstić information content (AvgIpc) is 2.92. The third-order valence-corrected chi connectivity index (χ3v) is 3.31. The Morgan fingerprint density at radius 1 is 1.35 bits per heavy atom. The first kappa shape index (κ1) is 14.6. The van der Waals surface area contributed by atoms with Crippen molar-refractivity contribution in [2.24, 2.45) is 0 Å². The Bertz CT molecular complexity index is 570. The van der Waals surface area contributed by atoms with Crippen LogP contribution in [0.1, 0.15) is 36.7 Å². The summed E-state index contributed by atoms with van der Waals surface area (Å²) in [6.45, 7) is 8.70. The number of nitrogens with zero attached hydrogens (tertiary/aromatic N) is 4. The quantitative estimate of drug-likeness (QED) is 0.884. The molecule has 0 fully saturated rings. The standard InChI is InChI=1S/C14H22FN5/c1-10(2)20-9-13(12(4)18-20)8-16-14-11(3)7-17-19(14)6-5-15/h7,9-10,16H,5-6,8H2,1-4H3. The van der Waals surface area contributed by atoms with Crippen molar-refractivity contribution >= 4 is 5.82 Å². The predicted octanol–water partition coefficient (Wildman–Crippen LogP) is 2.86. The molecule has 6 heteroatoms. The van der Waals surface area contributed by atoms with E-state index < -0.39 is 6.67 Å². The molecule has 0 radical (unpaired) electrons. The summed E-state index contributed by atoms with van der Waals surface area (Å²) in [5.41, 5.74) is 3.18. The van der Waals surface area contributed by atoms with Gasteiger partial charge in [-0.25, -0.2) is 9.07 Å². The molecule has 2 rings (SSSR count). The largest absolute Gasteiger partial charge is 0.366 e. The minimum absolute atomic E-state index is 0.278. The summed E-state index contributed by atoms with van der Waals surface area (Å²) in [4.78, 5) is 0. The number of halogens is 1. The van der Waals surface area contributed by atoms with Crippen molar-refractivity contribution in [3.05, 3.63) is 29.2 Å². The summed E-state index contributed by atoms with van der Waals surface area (Å²) in [6, 6.07) is 0.348. The van der Waals surface area contributed by atoms with Crippen LogP contribution in [0.2, 0.25) is 0 Å². The van der Waals surface area contributed by atoms with Crippen LogP contribution >= 0.6 is 0 Å². The van der Waals surface area contributed by atoms with Crippen molar-refractivity contribution < 1.29 is 4.39 Å². The Morgan fingerprint density at radius 2 is 2.10 bits per heavy atom. The van der Waals surface area contributed by atoms with Crippen molar-refractivity contribution in [2.75, 3.05) is 12.0 Å². The molecule has 2 aromatic rings. The summed E-state index contributed by atoms with van der Waals surface area (Å²) < 4.78 is 16.1. The molecule has 0 aliphatic carbocycles. The van der Waals surface area contributed by atoms with Crippen LogP contribution in [-0.4, -0.2) is 26.2 Å². The van der Waals surface area contributed by atoms with Crippen molar-refractivity contribution in [2.45, 2.75) is 46.8 Å². The zero-order valence-electron chi connectivity index (χ0n) is 12.5. The molecule has 0 bridgehead atoms. The molecule has 0 unspecified atom stereocenters. The van der Waals surface area contributed by atoms with Crippen LogP contribution in [0.5, 0.6) is 0 Å². The van der Waals surface area contributed by atoms with E-state index in [0.717, 1.165) is 22.6 Å². The number of anilines is 1. The first-order valence-corrected chi connectivity index (χ1v) is 6.89. The second-order valence-electron chi connectivity index (χ2n) is 5.26. The lowest BCUT2D eigenvalue weighted by Gasteiger charge is -2.09. The van der Waals surface area contributed by atoms with Crippen LogP contribution in [-0.2, 0) is 13.1 Å². The average molecular weight is 279 g/mol. The van der Waals surface area contributed by atoms with E-state index in [1.54, 1.807) is 10.9 Å². The summed E-state index contributed by atoms with van der Waals surface area (Å²) >= 11 is 0. The molecule has 0 aromatic carbocycles. The topological polar surface area (TPSA) is 47.7 Å². The lowest BCUT2D eigenvalue weighted by molar-refractivity contribution is 0.429. The van der Waals surface area contributed by atoms with Gasteiger partial charge in [0.05, 0.1) is 18.4 Å². The zero-order chi connectivity index (χ0) is 14.7. The third kappa shape index (κ3) is 3.00. The first-order chi connectivity index (χ1) is 9.52. The molecule has 0 atom stereocenters. The van der Waals surface area contributed by atoms with Gasteiger partial charge < -0.3 is 5.32 Å². The molecule has 20 heavy (non-hydrogen) atoms. The van der Waals surface area contributed by atoms with Crippen molar-refractivity contribution in [3.63, 3.8) is 0 Å². The van der Waals surface area contributed by atoms with Crippen molar-refractivity contribution in [3.8, 4) is 0 Å². The van der Waals surface area contributed by atoms with Crippen LogP contribution in [0.15, 0.2) is 12.4 Å². The van der Waals surface area contributed by atoms with Gasteiger partial charge in [-0.1, -0.05) is 0 Å². The van der Waals surface area contributed by atoms with Gasteiger partial charge in [-0.2, -0.15) is 10.2 Å². The molecule has 0 aliphatic heterocycles. The maximum absolute atomic E-state index is 12.5. The molecule has 5 nitrogen and oxygen atoms in total. The number of aromatic nitrogens is 4. The molecule has 0 amide bonds. The van der Waals surface area contributed by atoms with Gasteiger partial charge in [-0.05, 0) is 27.7 Å². The normalized spacial score (nSPS) is 11.3. The van der Waals surface area contributed by atoms with Gasteiger partial charge >= 0.3 is 0 Å². The van der Waals surface area contributed by atoms with Gasteiger partial charge in [-0.15, -0.1) is 0 Å². The maximum atomic E-state index is 12.5. The van der Waals surface area contributed by atoms with Gasteiger partial charge in [0.1, 0.15) is 12.5 Å². The minimum atomic E-state index is -0.417. The number of nitrogens with one attached hydrogen (secondary N) is 1. The first-order valence-electron chi connectivity index (χ1n) is 6.89. The Morgan fingerprint density at radius 3 is 2.70 bits per heavy atom. The number of rotatable bonds is 6. The molecular weight excluding hydrogens is 257 g/mol. The Labute approximate surface area is 118 Å². The Balaban J connectivity index is 2.10. The van der Waals surface area contributed by atoms with Crippen LogP contribution in [0.4, 0.5) is 10.2 Å². The highest BCUT2D eigenvalue weighted by atomic mass is 19.1. The van der Waals surface area contributed by atoms with Gasteiger partial charge in [0.2, 0.25) is 0 Å². The third-order valence-electron chi connectivity index (χ3n) is 3.31. The van der Waals surface area contributed by atoms with E-state index in [9.17, 15) is 4.39 Å². The summed E-state index contributed by atoms with van der Waals surface area (Å²) in [7, 11) is 0. The molecule has 110 valence electrons. The second kappa shape index (κ2) is 6.07. The summed E-state index contributed by atoms with van der Waals surface area (Å²) in [6.07, 6.45) is 3.81. The minimum Gasteiger partial charge on any atom is -0.366 e. The Kier molecular flexibility index (Phi) is 4.42. The highest BCUT2D eigenvalue weighted by Crippen LogP contribution is 2.17. The number of hydrogen-bond acceptors (Lipinski definition) is 3. The molecule has 0 saturated carbocycles. The zero-order valence-corrected chi connectivity index (χ0v) is 12.5. The van der Waals surface area contributed by atoms with Crippen LogP contribution in [0.3, 0.4) is 0 Å². The summed E-state index contributed by atoms with van der Waals surface area (Å²) in [5.74, 6) is 0.874. The van der Waals surface area contributed by atoms with Crippen LogP contribution in [0.25, 0.3) is 0 Å². The lowest BCUT2D eigenvalue weighted by atomic mass is 10.2. The van der Waals surface area contributed by atoms with E-state index in [-0.39, 0.29) is 6.54 Å². The van der Waals surface area contributed by atoms with Crippen LogP contribution < -0.4 is 5.32 Å². The smallest absolute Gasteiger partial charge is 0.127 e. The number of hydrogen-bond donors (Lipinski definition) is 1. The highest BCUT2D eigenvalue weighted by molar-refractivity contribution is 5.43. The molecule has 2 aromatic heterocycles. The number of aryl methyl sites for hydroxylation is 3. The molecular formula is C14H22FN5. The molecule has 0 aliphatic rings. The molecule has 1 N–H and O–H groups in total. The fourth-order valence-electron chi connectivity index (χ4n) is 2.10. The van der Waals surface area contributed by atoms with Gasteiger partial charge in [0.15, 0.2) is 0 Å². The Hall–Kier alpha value is -1.85. The van der Waals surface area contributed by atoms with E-state index in [1.165, 1.54) is 0 Å². The fourth-order valence-corrected chi connectivity index (χ4v) is 2.10. The van der Waals surface area contributed by atoms with Gasteiger partial charge in [0, 0.05) is 29.9 Å². The van der Waals surface area contributed by atoms with E-state index >= 15 is 0 Å². The fraction of sp³-hybridized carbons (Fsp3) is 0.571. The maximum Gasteiger partial charge on any atom is 0.127 e. The number of alkyl halides is 1. The van der Waals surface area contributed by atoms with Crippen LogP contribution in [0, 0.1) is 13.8 Å². The monoisotopic (exact) mass is 279 g/mol. The SMILES string of the molecule is Cc1cnn(CCF)c1NCc1cn(C(C)C)nc1C. The summed E-state index contributed by atoms with van der Waals surface area (Å²) in [5, 5.41) is 12.0.